The Morgan fingerprint density at radius 1 is 1.19 bits per heavy atom. The van der Waals surface area contributed by atoms with Crippen molar-refractivity contribution in [2.45, 2.75) is 26.7 Å². The number of benzene rings is 1. The third-order valence-corrected chi connectivity index (χ3v) is 2.77. The Morgan fingerprint density at radius 3 is 2.50 bits per heavy atom. The molecule has 1 aromatic heterocycles. The second-order valence-electron chi connectivity index (χ2n) is 3.81. The molecule has 0 amide bonds. The van der Waals surface area contributed by atoms with Crippen LogP contribution in [0.25, 0.3) is 11.4 Å². The van der Waals surface area contributed by atoms with Gasteiger partial charge in [0.05, 0.1) is 5.69 Å². The fourth-order valence-electron chi connectivity index (χ4n) is 1.87. The number of para-hydroxylation sites is 1. The zero-order chi connectivity index (χ0) is 11.5. The Hall–Kier alpha value is -1.77. The van der Waals surface area contributed by atoms with Crippen molar-refractivity contribution in [3.05, 3.63) is 35.7 Å². The van der Waals surface area contributed by atoms with Crippen molar-refractivity contribution in [1.29, 1.82) is 0 Å². The number of hydrogen-bond acceptors (Lipinski definition) is 2. The topological polar surface area (TPSA) is 54.7 Å². The Labute approximate surface area is 95.7 Å². The molecule has 3 nitrogen and oxygen atoms in total. The van der Waals surface area contributed by atoms with Crippen LogP contribution in [0.3, 0.4) is 0 Å². The average molecular weight is 215 g/mol. The van der Waals surface area contributed by atoms with E-state index in [2.05, 4.69) is 23.8 Å². The summed E-state index contributed by atoms with van der Waals surface area (Å²) >= 11 is 0. The van der Waals surface area contributed by atoms with E-state index in [0.717, 1.165) is 35.6 Å². The van der Waals surface area contributed by atoms with Crippen LogP contribution in [0.1, 0.15) is 25.2 Å². The van der Waals surface area contributed by atoms with Crippen LogP contribution in [0.2, 0.25) is 0 Å². The van der Waals surface area contributed by atoms with Crippen LogP contribution < -0.4 is 5.73 Å². The first kappa shape index (κ1) is 10.7. The molecule has 3 heteroatoms. The Kier molecular flexibility index (Phi) is 2.95. The first-order valence-electron chi connectivity index (χ1n) is 5.68. The third kappa shape index (κ3) is 1.81. The number of aromatic nitrogens is 2. The van der Waals surface area contributed by atoms with Gasteiger partial charge in [0.2, 0.25) is 0 Å². The molecule has 1 heterocycles. The summed E-state index contributed by atoms with van der Waals surface area (Å²) in [4.78, 5) is 7.94. The number of hydrogen-bond donors (Lipinski definition) is 2. The molecule has 0 atom stereocenters. The number of aryl methyl sites for hydroxylation is 2. The van der Waals surface area contributed by atoms with Gasteiger partial charge in [-0.15, -0.1) is 0 Å². The van der Waals surface area contributed by atoms with E-state index in [1.165, 1.54) is 5.69 Å². The van der Waals surface area contributed by atoms with E-state index in [4.69, 9.17) is 5.73 Å². The predicted octanol–water partition coefficient (Wildman–Crippen LogP) is 2.78. The van der Waals surface area contributed by atoms with Crippen LogP contribution >= 0.6 is 0 Å². The number of rotatable bonds is 3. The highest BCUT2D eigenvalue weighted by atomic mass is 14.9. The third-order valence-electron chi connectivity index (χ3n) is 2.77. The fourth-order valence-corrected chi connectivity index (χ4v) is 1.87. The van der Waals surface area contributed by atoms with Gasteiger partial charge in [0.1, 0.15) is 5.82 Å². The second-order valence-corrected chi connectivity index (χ2v) is 3.81. The monoisotopic (exact) mass is 215 g/mol. The van der Waals surface area contributed by atoms with Crippen LogP contribution in [0, 0.1) is 0 Å². The number of imidazole rings is 1. The molecule has 2 rings (SSSR count). The molecule has 0 saturated carbocycles. The van der Waals surface area contributed by atoms with Gasteiger partial charge in [0.25, 0.3) is 0 Å². The second kappa shape index (κ2) is 4.39. The van der Waals surface area contributed by atoms with Gasteiger partial charge in [-0.3, -0.25) is 0 Å². The van der Waals surface area contributed by atoms with Crippen molar-refractivity contribution in [2.24, 2.45) is 0 Å². The normalized spacial score (nSPS) is 10.6. The van der Waals surface area contributed by atoms with Crippen molar-refractivity contribution in [1.82, 2.24) is 9.97 Å². The molecule has 0 aliphatic rings. The molecular weight excluding hydrogens is 198 g/mol. The first-order chi connectivity index (χ1) is 7.76. The molecule has 0 radical (unpaired) electrons. The highest BCUT2D eigenvalue weighted by Gasteiger charge is 2.10. The van der Waals surface area contributed by atoms with Crippen molar-refractivity contribution in [3.8, 4) is 11.4 Å². The summed E-state index contributed by atoms with van der Waals surface area (Å²) in [6.45, 7) is 4.25. The zero-order valence-electron chi connectivity index (χ0n) is 9.75. The molecule has 3 N–H and O–H groups in total. The fraction of sp³-hybridized carbons (Fsp3) is 0.308. The summed E-state index contributed by atoms with van der Waals surface area (Å²) in [5.74, 6) is 0.881. The molecular formula is C13H17N3. The number of H-pyrrole nitrogens is 1. The van der Waals surface area contributed by atoms with Crippen LogP contribution in [-0.4, -0.2) is 9.97 Å². The quantitative estimate of drug-likeness (QED) is 0.773. The van der Waals surface area contributed by atoms with E-state index >= 15 is 0 Å². The standard InChI is InChI=1S/C13H17N3/c1-3-11-12(4-2)16-13(15-11)9-7-5-6-8-10(9)14/h5-8H,3-4,14H2,1-2H3,(H,15,16). The molecule has 0 saturated heterocycles. The molecule has 0 fully saturated rings. The molecule has 84 valence electrons. The number of nitrogens with one attached hydrogen (secondary N) is 1. The van der Waals surface area contributed by atoms with Crippen LogP contribution in [0.4, 0.5) is 5.69 Å². The zero-order valence-corrected chi connectivity index (χ0v) is 9.75. The van der Waals surface area contributed by atoms with Crippen LogP contribution in [-0.2, 0) is 12.8 Å². The summed E-state index contributed by atoms with van der Waals surface area (Å²) in [6.07, 6.45) is 1.93. The predicted molar refractivity (Wildman–Crippen MR) is 67.2 cm³/mol. The largest absolute Gasteiger partial charge is 0.398 e. The number of aromatic amines is 1. The molecule has 0 aliphatic heterocycles. The van der Waals surface area contributed by atoms with Crippen LogP contribution in [0.15, 0.2) is 24.3 Å². The lowest BCUT2D eigenvalue weighted by Crippen LogP contribution is -1.90. The SMILES string of the molecule is CCc1nc(-c2ccccc2N)[nH]c1CC. The Morgan fingerprint density at radius 2 is 1.94 bits per heavy atom. The maximum absolute atomic E-state index is 5.93. The number of nitrogens with two attached hydrogens (primary N) is 1. The van der Waals surface area contributed by atoms with Crippen molar-refractivity contribution < 1.29 is 0 Å². The Bertz CT molecular complexity index is 464. The smallest absolute Gasteiger partial charge is 0.139 e. The van der Waals surface area contributed by atoms with E-state index in [9.17, 15) is 0 Å². The van der Waals surface area contributed by atoms with E-state index in [1.54, 1.807) is 0 Å². The van der Waals surface area contributed by atoms with Crippen LogP contribution in [0.5, 0.6) is 0 Å². The maximum atomic E-state index is 5.93. The number of nitrogen functional groups attached to an aromatic ring is 1. The minimum absolute atomic E-state index is 0.765. The van der Waals surface area contributed by atoms with Gasteiger partial charge in [-0.25, -0.2) is 4.98 Å². The minimum atomic E-state index is 0.765. The van der Waals surface area contributed by atoms with E-state index in [1.807, 2.05) is 24.3 Å². The van der Waals surface area contributed by atoms with Gasteiger partial charge in [-0.05, 0) is 25.0 Å². The molecule has 16 heavy (non-hydrogen) atoms. The molecule has 1 aromatic carbocycles. The van der Waals surface area contributed by atoms with E-state index in [0.29, 0.717) is 0 Å². The average Bonchev–Trinajstić information content (AvgIpc) is 2.72. The molecule has 0 spiro atoms. The minimum Gasteiger partial charge on any atom is -0.398 e. The lowest BCUT2D eigenvalue weighted by Gasteiger charge is -2.00. The van der Waals surface area contributed by atoms with E-state index < -0.39 is 0 Å². The van der Waals surface area contributed by atoms with Gasteiger partial charge < -0.3 is 10.7 Å². The molecule has 0 aliphatic carbocycles. The van der Waals surface area contributed by atoms with Gasteiger partial charge in [-0.2, -0.15) is 0 Å². The van der Waals surface area contributed by atoms with Gasteiger partial charge in [0, 0.05) is 16.9 Å². The summed E-state index contributed by atoms with van der Waals surface area (Å²) in [5, 5.41) is 0. The number of nitrogens with zero attached hydrogens (tertiary/aromatic N) is 1. The highest BCUT2D eigenvalue weighted by molar-refractivity contribution is 5.71. The molecule has 0 unspecified atom stereocenters. The molecule has 2 aromatic rings. The van der Waals surface area contributed by atoms with Gasteiger partial charge >= 0.3 is 0 Å². The number of anilines is 1. The first-order valence-corrected chi connectivity index (χ1v) is 5.68. The molecule has 0 bridgehead atoms. The van der Waals surface area contributed by atoms with Crippen molar-refractivity contribution in [3.63, 3.8) is 0 Å². The summed E-state index contributed by atoms with van der Waals surface area (Å²) in [7, 11) is 0. The Balaban J connectivity index is 2.49. The van der Waals surface area contributed by atoms with Crippen molar-refractivity contribution in [2.75, 3.05) is 5.73 Å². The summed E-state index contributed by atoms with van der Waals surface area (Å²) in [5.41, 5.74) is 10.0. The summed E-state index contributed by atoms with van der Waals surface area (Å²) in [6, 6.07) is 7.80. The highest BCUT2D eigenvalue weighted by Crippen LogP contribution is 2.24. The van der Waals surface area contributed by atoms with E-state index in [-0.39, 0.29) is 0 Å². The lowest BCUT2D eigenvalue weighted by molar-refractivity contribution is 0.979. The lowest BCUT2D eigenvalue weighted by atomic mass is 10.2. The van der Waals surface area contributed by atoms with Gasteiger partial charge in [0.15, 0.2) is 0 Å². The summed E-state index contributed by atoms with van der Waals surface area (Å²) < 4.78 is 0. The van der Waals surface area contributed by atoms with Gasteiger partial charge in [-0.1, -0.05) is 26.0 Å². The van der Waals surface area contributed by atoms with Crippen molar-refractivity contribution >= 4 is 5.69 Å². The maximum Gasteiger partial charge on any atom is 0.139 e.